The van der Waals surface area contributed by atoms with Crippen LogP contribution in [0.2, 0.25) is 5.02 Å². The molecule has 0 bridgehead atoms. The fourth-order valence-corrected chi connectivity index (χ4v) is 2.49. The second-order valence-electron chi connectivity index (χ2n) is 5.23. The quantitative estimate of drug-likeness (QED) is 0.657. The molecule has 0 aliphatic heterocycles. The third kappa shape index (κ3) is 5.41. The average Bonchev–Trinajstić information content (AvgIpc) is 2.59. The molecule has 5 heteroatoms. The summed E-state index contributed by atoms with van der Waals surface area (Å²) in [5, 5.41) is 4.04. The van der Waals surface area contributed by atoms with Crippen molar-refractivity contribution in [2.45, 2.75) is 20.1 Å². The molecule has 0 radical (unpaired) electrons. The highest BCUT2D eigenvalue weighted by Crippen LogP contribution is 2.32. The summed E-state index contributed by atoms with van der Waals surface area (Å²) in [5.74, 6) is 1.50. The van der Waals surface area contributed by atoms with Crippen LogP contribution >= 0.6 is 11.6 Å². The first kappa shape index (κ1) is 18.6. The third-order valence-electron chi connectivity index (χ3n) is 3.49. The van der Waals surface area contributed by atoms with E-state index in [0.717, 1.165) is 29.2 Å². The number of methoxy groups -OCH3 is 1. The van der Waals surface area contributed by atoms with Crippen LogP contribution in [0.1, 0.15) is 18.1 Å². The van der Waals surface area contributed by atoms with Gasteiger partial charge in [0, 0.05) is 36.3 Å². The van der Waals surface area contributed by atoms with Gasteiger partial charge in [0.2, 0.25) is 0 Å². The number of hydrogen-bond donors (Lipinski definition) is 1. The highest BCUT2D eigenvalue weighted by atomic mass is 35.5. The summed E-state index contributed by atoms with van der Waals surface area (Å²) in [5.41, 5.74) is 1.99. The maximum Gasteiger partial charge on any atom is 0.166 e. The van der Waals surface area contributed by atoms with Gasteiger partial charge >= 0.3 is 0 Å². The number of halogens is 1. The Bertz CT molecular complexity index is 634. The fourth-order valence-electron chi connectivity index (χ4n) is 2.30. The molecule has 24 heavy (non-hydrogen) atoms. The van der Waals surface area contributed by atoms with Crippen molar-refractivity contribution in [2.75, 3.05) is 26.9 Å². The molecular formula is C19H24ClNO3. The average molecular weight is 350 g/mol. The molecule has 0 aliphatic carbocycles. The van der Waals surface area contributed by atoms with Crippen LogP contribution in [0, 0.1) is 0 Å². The van der Waals surface area contributed by atoms with E-state index in [1.54, 1.807) is 7.11 Å². The van der Waals surface area contributed by atoms with Gasteiger partial charge in [0.05, 0.1) is 13.2 Å². The van der Waals surface area contributed by atoms with Crippen LogP contribution in [0.15, 0.2) is 42.5 Å². The zero-order valence-corrected chi connectivity index (χ0v) is 14.9. The summed E-state index contributed by atoms with van der Waals surface area (Å²) in [6.07, 6.45) is 0. The largest absolute Gasteiger partial charge is 0.490 e. The molecule has 0 atom stereocenters. The molecule has 2 aromatic rings. The predicted molar refractivity (Wildman–Crippen MR) is 97.0 cm³/mol. The van der Waals surface area contributed by atoms with E-state index in [2.05, 4.69) is 5.32 Å². The zero-order chi connectivity index (χ0) is 17.2. The monoisotopic (exact) mass is 349 g/mol. The van der Waals surface area contributed by atoms with Crippen molar-refractivity contribution in [1.82, 2.24) is 5.32 Å². The van der Waals surface area contributed by atoms with Crippen molar-refractivity contribution in [3.8, 4) is 11.5 Å². The minimum absolute atomic E-state index is 0.398. The lowest BCUT2D eigenvalue weighted by molar-refractivity contribution is 0.199. The van der Waals surface area contributed by atoms with E-state index in [0.29, 0.717) is 31.4 Å². The Balaban J connectivity index is 2.13. The Morgan fingerprint density at radius 2 is 1.79 bits per heavy atom. The van der Waals surface area contributed by atoms with Gasteiger partial charge < -0.3 is 19.5 Å². The number of nitrogens with one attached hydrogen (secondary N) is 1. The molecule has 0 saturated heterocycles. The van der Waals surface area contributed by atoms with E-state index >= 15 is 0 Å². The van der Waals surface area contributed by atoms with Crippen molar-refractivity contribution >= 4 is 11.6 Å². The molecule has 0 fully saturated rings. The maximum atomic E-state index is 6.21. The molecule has 0 saturated carbocycles. The summed E-state index contributed by atoms with van der Waals surface area (Å²) in [6.45, 7) is 5.07. The van der Waals surface area contributed by atoms with E-state index in [-0.39, 0.29) is 0 Å². The zero-order valence-electron chi connectivity index (χ0n) is 14.2. The number of rotatable bonds is 10. The second-order valence-corrected chi connectivity index (χ2v) is 5.63. The van der Waals surface area contributed by atoms with Crippen molar-refractivity contribution in [2.24, 2.45) is 0 Å². The second kappa shape index (κ2) is 10.2. The van der Waals surface area contributed by atoms with Gasteiger partial charge in [-0.05, 0) is 19.1 Å². The molecule has 0 heterocycles. The molecule has 130 valence electrons. The van der Waals surface area contributed by atoms with Gasteiger partial charge in [-0.2, -0.15) is 0 Å². The normalized spacial score (nSPS) is 10.6. The first-order chi connectivity index (χ1) is 11.8. The Morgan fingerprint density at radius 3 is 2.54 bits per heavy atom. The lowest BCUT2D eigenvalue weighted by Crippen LogP contribution is -2.19. The SMILES string of the molecule is CCOc1cccc(CNCCOC)c1OCc1ccccc1Cl. The van der Waals surface area contributed by atoms with Gasteiger partial charge in [-0.1, -0.05) is 41.9 Å². The van der Waals surface area contributed by atoms with Crippen molar-refractivity contribution in [3.05, 3.63) is 58.6 Å². The van der Waals surface area contributed by atoms with Gasteiger partial charge in [-0.3, -0.25) is 0 Å². The summed E-state index contributed by atoms with van der Waals surface area (Å²) >= 11 is 6.21. The Labute approximate surface area is 148 Å². The van der Waals surface area contributed by atoms with Crippen molar-refractivity contribution < 1.29 is 14.2 Å². The summed E-state index contributed by atoms with van der Waals surface area (Å²) < 4.78 is 16.8. The smallest absolute Gasteiger partial charge is 0.166 e. The van der Waals surface area contributed by atoms with Gasteiger partial charge in [-0.15, -0.1) is 0 Å². The van der Waals surface area contributed by atoms with Crippen LogP contribution in [0.5, 0.6) is 11.5 Å². The highest BCUT2D eigenvalue weighted by Gasteiger charge is 2.12. The van der Waals surface area contributed by atoms with Gasteiger partial charge in [0.15, 0.2) is 11.5 Å². The van der Waals surface area contributed by atoms with Crippen LogP contribution in [0.3, 0.4) is 0 Å². The van der Waals surface area contributed by atoms with E-state index in [1.165, 1.54) is 0 Å². The number of para-hydroxylation sites is 1. The van der Waals surface area contributed by atoms with Gasteiger partial charge in [0.25, 0.3) is 0 Å². The molecule has 4 nitrogen and oxygen atoms in total. The summed E-state index contributed by atoms with van der Waals surface area (Å²) in [4.78, 5) is 0. The minimum Gasteiger partial charge on any atom is -0.490 e. The first-order valence-electron chi connectivity index (χ1n) is 8.06. The standard InChI is InChI=1S/C19H24ClNO3/c1-3-23-18-10-6-8-15(13-21-11-12-22-2)19(18)24-14-16-7-4-5-9-17(16)20/h4-10,21H,3,11-14H2,1-2H3. The Kier molecular flexibility index (Phi) is 7.89. The first-order valence-corrected chi connectivity index (χ1v) is 8.44. The minimum atomic E-state index is 0.398. The molecule has 0 unspecified atom stereocenters. The third-order valence-corrected chi connectivity index (χ3v) is 3.86. The molecule has 1 N–H and O–H groups in total. The highest BCUT2D eigenvalue weighted by molar-refractivity contribution is 6.31. The lowest BCUT2D eigenvalue weighted by Gasteiger charge is -2.17. The van der Waals surface area contributed by atoms with Crippen LogP contribution < -0.4 is 14.8 Å². The molecule has 2 aromatic carbocycles. The topological polar surface area (TPSA) is 39.7 Å². The van der Waals surface area contributed by atoms with Gasteiger partial charge in [0.1, 0.15) is 6.61 Å². The van der Waals surface area contributed by atoms with Crippen LogP contribution in [-0.4, -0.2) is 26.9 Å². The van der Waals surface area contributed by atoms with Crippen molar-refractivity contribution in [1.29, 1.82) is 0 Å². The number of ether oxygens (including phenoxy) is 3. The summed E-state index contributed by atoms with van der Waals surface area (Å²) in [7, 11) is 1.69. The molecule has 0 spiro atoms. The van der Waals surface area contributed by atoms with Crippen LogP contribution in [0.25, 0.3) is 0 Å². The summed E-state index contributed by atoms with van der Waals surface area (Å²) in [6, 6.07) is 13.6. The number of hydrogen-bond acceptors (Lipinski definition) is 4. The molecule has 0 aromatic heterocycles. The van der Waals surface area contributed by atoms with Crippen LogP contribution in [-0.2, 0) is 17.9 Å². The van der Waals surface area contributed by atoms with Crippen molar-refractivity contribution in [3.63, 3.8) is 0 Å². The van der Waals surface area contributed by atoms with E-state index < -0.39 is 0 Å². The van der Waals surface area contributed by atoms with E-state index in [4.69, 9.17) is 25.8 Å². The van der Waals surface area contributed by atoms with E-state index in [9.17, 15) is 0 Å². The van der Waals surface area contributed by atoms with E-state index in [1.807, 2.05) is 49.4 Å². The lowest BCUT2D eigenvalue weighted by atomic mass is 10.1. The fraction of sp³-hybridized carbons (Fsp3) is 0.368. The Hall–Kier alpha value is -1.75. The molecular weight excluding hydrogens is 326 g/mol. The number of benzene rings is 2. The maximum absolute atomic E-state index is 6.21. The predicted octanol–water partition coefficient (Wildman–Crippen LogP) is 4.05. The molecule has 0 amide bonds. The molecule has 2 rings (SSSR count). The van der Waals surface area contributed by atoms with Gasteiger partial charge in [-0.25, -0.2) is 0 Å². The van der Waals surface area contributed by atoms with Crippen LogP contribution in [0.4, 0.5) is 0 Å². The molecule has 0 aliphatic rings. The Morgan fingerprint density at radius 1 is 1.00 bits per heavy atom.